The van der Waals surface area contributed by atoms with E-state index < -0.39 is 24.2 Å². The number of aliphatic hydroxyl groups is 1. The number of rotatable bonds is 17. The normalized spacial score (nSPS) is 17.5. The minimum atomic E-state index is -0.898. The maximum Gasteiger partial charge on any atom is 0.408 e. The van der Waals surface area contributed by atoms with Crippen molar-refractivity contribution in [1.82, 2.24) is 25.4 Å². The number of H-pyrrole nitrogens is 1. The number of aromatic nitrogens is 1. The first-order valence-electron chi connectivity index (χ1n) is 21.9. The van der Waals surface area contributed by atoms with Crippen molar-refractivity contribution in [3.8, 4) is 11.5 Å². The summed E-state index contributed by atoms with van der Waals surface area (Å²) in [6.07, 6.45) is 0.678. The lowest BCUT2D eigenvalue weighted by Gasteiger charge is -2.43. The van der Waals surface area contributed by atoms with Crippen molar-refractivity contribution in [2.24, 2.45) is 5.92 Å². The second kappa shape index (κ2) is 20.7. The summed E-state index contributed by atoms with van der Waals surface area (Å²) < 4.78 is 17.6. The van der Waals surface area contributed by atoms with Crippen LogP contribution in [0.5, 0.6) is 11.5 Å². The summed E-state index contributed by atoms with van der Waals surface area (Å²) in [4.78, 5) is 57.4. The van der Waals surface area contributed by atoms with Gasteiger partial charge in [-0.1, -0.05) is 72.8 Å². The monoisotopic (exact) mass is 879 g/mol. The number of hydrogen-bond acceptors (Lipinski definition) is 11. The molecule has 1 unspecified atom stereocenters. The number of nitrogens with zero attached hydrogens (tertiary/aromatic N) is 2. The molecule has 4 heterocycles. The number of carbonyl (C=O) groups excluding carboxylic acids is 3. The second-order valence-corrected chi connectivity index (χ2v) is 16.6. The zero-order chi connectivity index (χ0) is 45.3. The van der Waals surface area contributed by atoms with E-state index in [1.165, 1.54) is 17.0 Å². The molecule has 3 saturated heterocycles. The first-order valence-corrected chi connectivity index (χ1v) is 21.9. The summed E-state index contributed by atoms with van der Waals surface area (Å²) in [5, 5.41) is 27.8. The van der Waals surface area contributed by atoms with Gasteiger partial charge in [-0.3, -0.25) is 14.5 Å². The highest BCUT2D eigenvalue weighted by atomic mass is 16.6. The molecule has 3 fully saturated rings. The molecule has 0 saturated carbocycles. The van der Waals surface area contributed by atoms with Crippen LogP contribution in [0.25, 0.3) is 10.9 Å². The number of nitrogens with one attached hydrogen (secondary N) is 3. The second-order valence-electron chi connectivity index (χ2n) is 16.6. The number of aromatic amines is 1. The van der Waals surface area contributed by atoms with Gasteiger partial charge in [0.1, 0.15) is 30.8 Å². The molecule has 6 aromatic rings. The number of phenolic OH excluding ortho intramolecular Hbond substituents is 1. The van der Waals surface area contributed by atoms with E-state index in [0.29, 0.717) is 40.3 Å². The predicted molar refractivity (Wildman–Crippen MR) is 245 cm³/mol. The van der Waals surface area contributed by atoms with E-state index in [-0.39, 0.29) is 55.1 Å². The van der Waals surface area contributed by atoms with Crippen molar-refractivity contribution >= 4 is 28.9 Å². The number of piperidine rings is 3. The van der Waals surface area contributed by atoms with Crippen LogP contribution in [-0.2, 0) is 22.6 Å². The minimum absolute atomic E-state index is 0.00919. The highest BCUT2D eigenvalue weighted by Crippen LogP contribution is 2.32. The molecular weight excluding hydrogens is 827 g/mol. The molecule has 1 aromatic heterocycles. The van der Waals surface area contributed by atoms with Gasteiger partial charge in [-0.15, -0.1) is 0 Å². The number of likely N-dealkylation sites (N-methyl/N-ethyl adjacent to an activating group) is 1. The maximum atomic E-state index is 13.2. The van der Waals surface area contributed by atoms with Crippen molar-refractivity contribution in [2.75, 3.05) is 46.4 Å². The van der Waals surface area contributed by atoms with E-state index in [1.807, 2.05) is 66.7 Å². The van der Waals surface area contributed by atoms with E-state index in [9.17, 15) is 29.4 Å². The lowest BCUT2D eigenvalue weighted by Crippen LogP contribution is -2.52. The van der Waals surface area contributed by atoms with Crippen molar-refractivity contribution in [3.63, 3.8) is 0 Å². The molecule has 14 nitrogen and oxygen atoms in total. The molecule has 14 heteroatoms. The summed E-state index contributed by atoms with van der Waals surface area (Å²) in [6, 6.07) is 37.0. The Kier molecular flexibility index (Phi) is 14.2. The van der Waals surface area contributed by atoms with Gasteiger partial charge in [-0.05, 0) is 108 Å². The molecule has 65 heavy (non-hydrogen) atoms. The lowest BCUT2D eigenvalue weighted by atomic mass is 9.86. The molecule has 0 spiro atoms. The van der Waals surface area contributed by atoms with E-state index >= 15 is 0 Å². The number of ether oxygens (including phenoxy) is 3. The predicted octanol–water partition coefficient (Wildman–Crippen LogP) is 6.47. The van der Waals surface area contributed by atoms with Gasteiger partial charge in [0.25, 0.3) is 5.91 Å². The molecule has 3 atom stereocenters. The number of pyridine rings is 1. The fourth-order valence-electron chi connectivity index (χ4n) is 8.48. The van der Waals surface area contributed by atoms with Crippen molar-refractivity contribution < 1.29 is 38.8 Å². The summed E-state index contributed by atoms with van der Waals surface area (Å²) in [5.74, 6) is 0.228. The van der Waals surface area contributed by atoms with Crippen LogP contribution < -0.4 is 20.9 Å². The summed E-state index contributed by atoms with van der Waals surface area (Å²) in [6.45, 7) is 4.01. The summed E-state index contributed by atoms with van der Waals surface area (Å²) in [7, 11) is 1.64. The number of alkyl carbamates (subject to hydrolysis) is 1. The summed E-state index contributed by atoms with van der Waals surface area (Å²) >= 11 is 0. The highest BCUT2D eigenvalue weighted by Gasteiger charge is 2.37. The smallest absolute Gasteiger partial charge is 0.408 e. The molecule has 3 aliphatic rings. The van der Waals surface area contributed by atoms with E-state index in [4.69, 9.17) is 14.2 Å². The molecular formula is C51H53N5O9. The molecule has 0 aliphatic carbocycles. The van der Waals surface area contributed by atoms with Crippen LogP contribution >= 0.6 is 0 Å². The van der Waals surface area contributed by atoms with Gasteiger partial charge in [-0.25, -0.2) is 9.59 Å². The van der Waals surface area contributed by atoms with Crippen LogP contribution in [0.15, 0.2) is 132 Å². The number of amides is 2. The molecule has 5 aromatic carbocycles. The largest absolute Gasteiger partial charge is 0.506 e. The molecule has 3 aliphatic heterocycles. The Balaban J connectivity index is 0.771. The summed E-state index contributed by atoms with van der Waals surface area (Å²) in [5.41, 5.74) is 4.86. The van der Waals surface area contributed by atoms with Crippen LogP contribution in [-0.4, -0.2) is 95.4 Å². The first-order chi connectivity index (χ1) is 31.6. The average Bonchev–Trinajstić information content (AvgIpc) is 3.33. The fourth-order valence-corrected chi connectivity index (χ4v) is 8.48. The minimum Gasteiger partial charge on any atom is -0.506 e. The third-order valence-corrected chi connectivity index (χ3v) is 12.2. The van der Waals surface area contributed by atoms with Crippen LogP contribution in [0.3, 0.4) is 0 Å². The molecule has 2 bridgehead atoms. The molecule has 5 N–H and O–H groups in total. The Morgan fingerprint density at radius 3 is 2.31 bits per heavy atom. The Morgan fingerprint density at radius 2 is 1.57 bits per heavy atom. The van der Waals surface area contributed by atoms with E-state index in [2.05, 4.69) is 20.5 Å². The quantitative estimate of drug-likeness (QED) is 0.0633. The number of phenols is 1. The van der Waals surface area contributed by atoms with Gasteiger partial charge in [0.2, 0.25) is 5.56 Å². The third-order valence-electron chi connectivity index (χ3n) is 12.2. The van der Waals surface area contributed by atoms with Crippen LogP contribution in [0.1, 0.15) is 73.5 Å². The number of benzene rings is 5. The Labute approximate surface area is 376 Å². The number of aromatic hydroxyl groups is 1. The van der Waals surface area contributed by atoms with Gasteiger partial charge >= 0.3 is 12.1 Å². The zero-order valence-electron chi connectivity index (χ0n) is 36.2. The van der Waals surface area contributed by atoms with Gasteiger partial charge in [0.05, 0.1) is 29.8 Å². The Bertz CT molecular complexity index is 2650. The molecule has 0 radical (unpaired) electrons. The topological polar surface area (TPSA) is 183 Å². The Hall–Kier alpha value is -7.00. The Morgan fingerprint density at radius 1 is 0.846 bits per heavy atom. The number of esters is 1. The standard InChI is InChI=1S/C51H53N5O9/c1-55(49(60)37-14-10-33(11-15-37)29-52-30-44(58)41-18-20-43(57)48-42(41)19-21-46(59)53-48)26-27-63-50(61)38-16-12-34(13-17-38)32-64-40-9-5-8-39(28-40)47(36-6-3-2-4-7-36)54-51(62)65-45-31-56-24-22-35(45)23-25-56/h2-21,28,35,44-45,47,52,57-58H,22-27,29-32H2,1H3,(H,53,59)(H,54,62)/t44-,45-,47?/m0/s1. The van der Waals surface area contributed by atoms with Gasteiger partial charge in [-0.2, -0.15) is 0 Å². The van der Waals surface area contributed by atoms with Crippen LogP contribution in [0.4, 0.5) is 4.79 Å². The van der Waals surface area contributed by atoms with E-state index in [1.54, 1.807) is 55.6 Å². The molecule has 2 amide bonds. The third kappa shape index (κ3) is 11.2. The van der Waals surface area contributed by atoms with Crippen molar-refractivity contribution in [2.45, 2.75) is 44.2 Å². The van der Waals surface area contributed by atoms with Crippen molar-refractivity contribution in [1.29, 1.82) is 0 Å². The number of aliphatic hydroxyl groups excluding tert-OH is 1. The first kappa shape index (κ1) is 44.6. The highest BCUT2D eigenvalue weighted by molar-refractivity contribution is 5.94. The number of fused-ring (bicyclic) bond motifs is 4. The number of hydrogen-bond donors (Lipinski definition) is 5. The SMILES string of the molecule is CN(CCOC(=O)c1ccc(COc2cccc(C(NC(=O)O[C@H]3CN4CCC3CC4)c3ccccc3)c2)cc1)C(=O)c1ccc(CNC[C@H](O)c2ccc(O)c3[nH]c(=O)ccc23)cc1. The van der Waals surface area contributed by atoms with E-state index in [0.717, 1.165) is 54.7 Å². The van der Waals surface area contributed by atoms with Gasteiger partial charge in [0, 0.05) is 43.7 Å². The van der Waals surface area contributed by atoms with Gasteiger partial charge < -0.3 is 44.9 Å². The van der Waals surface area contributed by atoms with Gasteiger partial charge in [0.15, 0.2) is 0 Å². The zero-order valence-corrected chi connectivity index (χ0v) is 36.2. The van der Waals surface area contributed by atoms with Crippen LogP contribution in [0, 0.1) is 5.92 Å². The average molecular weight is 880 g/mol. The lowest BCUT2D eigenvalue weighted by molar-refractivity contribution is -0.0336. The van der Waals surface area contributed by atoms with Crippen molar-refractivity contribution in [3.05, 3.63) is 177 Å². The molecule has 336 valence electrons. The maximum absolute atomic E-state index is 13.2. The van der Waals surface area contributed by atoms with Crippen LogP contribution in [0.2, 0.25) is 0 Å². The molecule has 9 rings (SSSR count). The number of carbonyl (C=O) groups is 3. The fraction of sp³-hybridized carbons (Fsp3) is 0.294.